The molecule has 4 N–H and O–H groups in total. The van der Waals surface area contributed by atoms with Gasteiger partial charge in [-0.3, -0.25) is 9.91 Å². The monoisotopic (exact) mass is 327 g/mol. The fourth-order valence-corrected chi connectivity index (χ4v) is 3.17. The second-order valence-corrected chi connectivity index (χ2v) is 6.09. The Morgan fingerprint density at radius 1 is 1.17 bits per heavy atom. The number of amidine groups is 1. The Balaban J connectivity index is 1.94. The van der Waals surface area contributed by atoms with Gasteiger partial charge in [-0.2, -0.15) is 5.10 Å². The summed E-state index contributed by atoms with van der Waals surface area (Å²) in [6.07, 6.45) is 0. The minimum absolute atomic E-state index is 0.199. The first-order valence-electron chi connectivity index (χ1n) is 7.93. The van der Waals surface area contributed by atoms with Crippen LogP contribution in [0, 0.1) is 12.7 Å². The first kappa shape index (κ1) is 16.4. The number of piperazine rings is 1. The third-order valence-electron chi connectivity index (χ3n) is 4.32. The number of nitrogens with two attached hydrogens (primary N) is 2. The van der Waals surface area contributed by atoms with Gasteiger partial charge in [-0.05, 0) is 30.2 Å². The molecule has 3 rings (SSSR count). The molecule has 1 saturated heterocycles. The lowest BCUT2D eigenvalue weighted by Gasteiger charge is -2.41. The summed E-state index contributed by atoms with van der Waals surface area (Å²) in [5.74, 6) is 12.0. The molecule has 0 radical (unpaired) electrons. The largest absolute Gasteiger partial charge is 0.321 e. The van der Waals surface area contributed by atoms with Crippen LogP contribution in [-0.2, 0) is 6.54 Å². The summed E-state index contributed by atoms with van der Waals surface area (Å²) >= 11 is 0. The zero-order chi connectivity index (χ0) is 17.1. The predicted molar refractivity (Wildman–Crippen MR) is 93.2 cm³/mol. The van der Waals surface area contributed by atoms with Crippen molar-refractivity contribution in [2.45, 2.75) is 19.5 Å². The normalized spacial score (nSPS) is 20.5. The second-order valence-electron chi connectivity index (χ2n) is 6.09. The van der Waals surface area contributed by atoms with E-state index in [9.17, 15) is 4.39 Å². The zero-order valence-electron chi connectivity index (χ0n) is 13.7. The molecule has 6 heteroatoms. The summed E-state index contributed by atoms with van der Waals surface area (Å²) in [5.41, 5.74) is 3.35. The second kappa shape index (κ2) is 6.98. The summed E-state index contributed by atoms with van der Waals surface area (Å²) in [6, 6.07) is 14.6. The van der Waals surface area contributed by atoms with Crippen LogP contribution in [0.2, 0.25) is 0 Å². The molecule has 1 unspecified atom stereocenters. The molecule has 1 aliphatic rings. The van der Waals surface area contributed by atoms with Crippen LogP contribution < -0.4 is 11.7 Å². The molecule has 0 saturated carbocycles. The average molecular weight is 327 g/mol. The van der Waals surface area contributed by atoms with E-state index in [1.54, 1.807) is 17.1 Å². The molecule has 1 atom stereocenters. The molecule has 0 spiro atoms. The lowest BCUT2D eigenvalue weighted by atomic mass is 10.00. The van der Waals surface area contributed by atoms with Gasteiger partial charge in [0.15, 0.2) is 5.84 Å². The van der Waals surface area contributed by atoms with Crippen LogP contribution in [-0.4, -0.2) is 28.8 Å². The maximum absolute atomic E-state index is 13.3. The minimum atomic E-state index is -0.268. The Kier molecular flexibility index (Phi) is 4.78. The van der Waals surface area contributed by atoms with Crippen molar-refractivity contribution in [3.8, 4) is 0 Å². The third kappa shape index (κ3) is 3.39. The summed E-state index contributed by atoms with van der Waals surface area (Å²) in [7, 11) is 0. The minimum Gasteiger partial charge on any atom is -0.321 e. The lowest BCUT2D eigenvalue weighted by molar-refractivity contribution is 0.166. The molecule has 1 fully saturated rings. The van der Waals surface area contributed by atoms with Gasteiger partial charge in [0.05, 0.1) is 6.04 Å². The fraction of sp³-hybridized carbons (Fsp3) is 0.278. The van der Waals surface area contributed by atoms with E-state index in [2.05, 4.69) is 41.2 Å². The van der Waals surface area contributed by atoms with E-state index in [1.807, 2.05) is 0 Å². The van der Waals surface area contributed by atoms with Crippen LogP contribution >= 0.6 is 0 Å². The molecular formula is C18H22FN5. The van der Waals surface area contributed by atoms with Crippen LogP contribution in [0.4, 0.5) is 4.39 Å². The predicted octanol–water partition coefficient (Wildman–Crippen LogP) is 2.14. The van der Waals surface area contributed by atoms with Crippen molar-refractivity contribution in [1.29, 1.82) is 0 Å². The number of benzene rings is 2. The number of nitrogens with zero attached hydrogens (tertiary/aromatic N) is 3. The Bertz CT molecular complexity index is 728. The number of rotatable bonds is 3. The van der Waals surface area contributed by atoms with Crippen molar-refractivity contribution < 1.29 is 4.39 Å². The van der Waals surface area contributed by atoms with E-state index >= 15 is 0 Å². The first-order chi connectivity index (χ1) is 11.6. The summed E-state index contributed by atoms with van der Waals surface area (Å²) in [5, 5.41) is 5.47. The highest BCUT2D eigenvalue weighted by Crippen LogP contribution is 2.28. The van der Waals surface area contributed by atoms with Gasteiger partial charge in [0.2, 0.25) is 0 Å². The molecule has 5 nitrogen and oxygen atoms in total. The highest BCUT2D eigenvalue weighted by atomic mass is 19.1. The van der Waals surface area contributed by atoms with Crippen molar-refractivity contribution in [3.63, 3.8) is 0 Å². The smallest absolute Gasteiger partial charge is 0.160 e. The molecule has 2 aromatic rings. The van der Waals surface area contributed by atoms with Crippen LogP contribution in [0.15, 0.2) is 53.6 Å². The number of hydrogen-bond acceptors (Lipinski definition) is 4. The topological polar surface area (TPSA) is 70.9 Å². The van der Waals surface area contributed by atoms with E-state index in [0.717, 1.165) is 18.7 Å². The van der Waals surface area contributed by atoms with E-state index in [-0.39, 0.29) is 11.9 Å². The molecule has 2 aromatic carbocycles. The van der Waals surface area contributed by atoms with E-state index in [1.165, 1.54) is 23.3 Å². The molecule has 126 valence electrons. The third-order valence-corrected chi connectivity index (χ3v) is 4.32. The SMILES string of the molecule is Cc1cccc(CN2CCN(N)/C(=N\N)C2c2ccc(F)cc2)c1. The van der Waals surface area contributed by atoms with E-state index < -0.39 is 0 Å². The number of aryl methyl sites for hydroxylation is 1. The number of hydrazine groups is 1. The molecule has 0 aromatic heterocycles. The van der Waals surface area contributed by atoms with Crippen LogP contribution in [0.25, 0.3) is 0 Å². The molecule has 1 heterocycles. The standard InChI is InChI=1S/C18H22FN5/c1-13-3-2-4-14(11-13)12-23-9-10-24(21)18(22-20)17(23)15-5-7-16(19)8-6-15/h2-8,11,17H,9-10,12,20-21H2,1H3/b22-18-. The highest BCUT2D eigenvalue weighted by Gasteiger charge is 2.33. The Morgan fingerprint density at radius 3 is 2.58 bits per heavy atom. The van der Waals surface area contributed by atoms with Crippen molar-refractivity contribution >= 4 is 5.84 Å². The van der Waals surface area contributed by atoms with Gasteiger partial charge < -0.3 is 5.84 Å². The van der Waals surface area contributed by atoms with E-state index in [4.69, 9.17) is 11.7 Å². The van der Waals surface area contributed by atoms with Gasteiger partial charge >= 0.3 is 0 Å². The molecule has 1 aliphatic heterocycles. The summed E-state index contributed by atoms with van der Waals surface area (Å²) < 4.78 is 13.3. The fourth-order valence-electron chi connectivity index (χ4n) is 3.17. The summed E-state index contributed by atoms with van der Waals surface area (Å²) in [4.78, 5) is 2.26. The van der Waals surface area contributed by atoms with Crippen molar-refractivity contribution in [2.75, 3.05) is 13.1 Å². The number of hydrogen-bond donors (Lipinski definition) is 2. The Morgan fingerprint density at radius 2 is 1.92 bits per heavy atom. The number of hydrazone groups is 1. The quantitative estimate of drug-likeness (QED) is 0.669. The van der Waals surface area contributed by atoms with Gasteiger partial charge in [-0.25, -0.2) is 10.2 Å². The molecular weight excluding hydrogens is 305 g/mol. The van der Waals surface area contributed by atoms with E-state index in [0.29, 0.717) is 12.4 Å². The summed E-state index contributed by atoms with van der Waals surface area (Å²) in [6.45, 7) is 4.23. The lowest BCUT2D eigenvalue weighted by Crippen LogP contribution is -2.55. The highest BCUT2D eigenvalue weighted by molar-refractivity contribution is 5.88. The molecule has 0 bridgehead atoms. The van der Waals surface area contributed by atoms with Crippen molar-refractivity contribution in [1.82, 2.24) is 9.91 Å². The molecule has 0 amide bonds. The van der Waals surface area contributed by atoms with Crippen LogP contribution in [0.3, 0.4) is 0 Å². The Hall–Kier alpha value is -2.44. The van der Waals surface area contributed by atoms with Gasteiger partial charge in [-0.1, -0.05) is 42.0 Å². The van der Waals surface area contributed by atoms with Crippen molar-refractivity contribution in [3.05, 3.63) is 71.0 Å². The van der Waals surface area contributed by atoms with Crippen molar-refractivity contribution in [2.24, 2.45) is 16.8 Å². The maximum Gasteiger partial charge on any atom is 0.160 e. The van der Waals surface area contributed by atoms with Gasteiger partial charge in [0.1, 0.15) is 5.82 Å². The zero-order valence-corrected chi connectivity index (χ0v) is 13.7. The number of halogens is 1. The molecule has 0 aliphatic carbocycles. The Labute approximate surface area is 141 Å². The van der Waals surface area contributed by atoms with Gasteiger partial charge in [-0.15, -0.1) is 0 Å². The first-order valence-corrected chi connectivity index (χ1v) is 7.93. The van der Waals surface area contributed by atoms with Gasteiger partial charge in [0.25, 0.3) is 0 Å². The molecule has 24 heavy (non-hydrogen) atoms. The van der Waals surface area contributed by atoms with Gasteiger partial charge in [0, 0.05) is 19.6 Å². The van der Waals surface area contributed by atoms with Crippen LogP contribution in [0.5, 0.6) is 0 Å². The van der Waals surface area contributed by atoms with Crippen LogP contribution in [0.1, 0.15) is 22.7 Å². The average Bonchev–Trinajstić information content (AvgIpc) is 2.57. The maximum atomic E-state index is 13.3.